The summed E-state index contributed by atoms with van der Waals surface area (Å²) in [4.78, 5) is 4.32. The number of aromatic nitrogens is 2. The third-order valence-corrected chi connectivity index (χ3v) is 2.61. The van der Waals surface area contributed by atoms with Crippen LogP contribution >= 0.6 is 11.6 Å². The van der Waals surface area contributed by atoms with Crippen LogP contribution in [0, 0.1) is 6.92 Å². The number of aryl methyl sites for hydroxylation is 1. The molecule has 0 amide bonds. The van der Waals surface area contributed by atoms with Gasteiger partial charge in [0.2, 0.25) is 0 Å². The summed E-state index contributed by atoms with van der Waals surface area (Å²) < 4.78 is 2.00. The Bertz CT molecular complexity index is 488. The van der Waals surface area contributed by atoms with Gasteiger partial charge in [-0.05, 0) is 31.5 Å². The standard InChI is InChI=1S/C11H14ClN3/c1-7-3-4-15-9(5-7)11(12)14-10(15)6-8(2)13/h3-5,8H,6,13H2,1-2H3. The summed E-state index contributed by atoms with van der Waals surface area (Å²) in [6.07, 6.45) is 2.72. The van der Waals surface area contributed by atoms with Gasteiger partial charge in [0.15, 0.2) is 5.15 Å². The van der Waals surface area contributed by atoms with E-state index in [1.807, 2.05) is 36.6 Å². The summed E-state index contributed by atoms with van der Waals surface area (Å²) in [6, 6.07) is 4.16. The minimum absolute atomic E-state index is 0.0907. The van der Waals surface area contributed by atoms with Crippen molar-refractivity contribution in [2.45, 2.75) is 26.3 Å². The van der Waals surface area contributed by atoms with Crippen molar-refractivity contribution in [2.75, 3.05) is 0 Å². The average Bonchev–Trinajstić information content (AvgIpc) is 2.42. The molecule has 15 heavy (non-hydrogen) atoms. The summed E-state index contributed by atoms with van der Waals surface area (Å²) in [6.45, 7) is 4.00. The van der Waals surface area contributed by atoms with Crippen LogP contribution in [0.25, 0.3) is 5.52 Å². The van der Waals surface area contributed by atoms with Crippen molar-refractivity contribution < 1.29 is 0 Å². The first-order valence-corrected chi connectivity index (χ1v) is 5.34. The molecule has 0 aromatic carbocycles. The molecular formula is C11H14ClN3. The minimum Gasteiger partial charge on any atom is -0.328 e. The molecule has 0 spiro atoms. The minimum atomic E-state index is 0.0907. The Hall–Kier alpha value is -1.06. The van der Waals surface area contributed by atoms with E-state index in [-0.39, 0.29) is 6.04 Å². The van der Waals surface area contributed by atoms with Crippen molar-refractivity contribution in [3.05, 3.63) is 34.9 Å². The van der Waals surface area contributed by atoms with Crippen molar-refractivity contribution in [1.82, 2.24) is 9.38 Å². The number of nitrogens with zero attached hydrogens (tertiary/aromatic N) is 2. The molecule has 2 heterocycles. The Morgan fingerprint density at radius 2 is 2.33 bits per heavy atom. The maximum absolute atomic E-state index is 6.06. The molecule has 2 N–H and O–H groups in total. The Morgan fingerprint density at radius 3 is 3.00 bits per heavy atom. The molecule has 2 aromatic heterocycles. The SMILES string of the molecule is Cc1ccn2c(CC(C)N)nc(Cl)c2c1. The van der Waals surface area contributed by atoms with Crippen molar-refractivity contribution in [3.63, 3.8) is 0 Å². The van der Waals surface area contributed by atoms with Crippen molar-refractivity contribution >= 4 is 17.1 Å². The van der Waals surface area contributed by atoms with E-state index in [1.54, 1.807) is 0 Å². The molecule has 2 aromatic rings. The van der Waals surface area contributed by atoms with Gasteiger partial charge >= 0.3 is 0 Å². The fourth-order valence-electron chi connectivity index (χ4n) is 1.65. The molecule has 3 nitrogen and oxygen atoms in total. The fourth-order valence-corrected chi connectivity index (χ4v) is 1.89. The first-order chi connectivity index (χ1) is 7.08. The van der Waals surface area contributed by atoms with E-state index < -0.39 is 0 Å². The molecule has 0 saturated carbocycles. The molecule has 0 aliphatic rings. The largest absolute Gasteiger partial charge is 0.328 e. The monoisotopic (exact) mass is 223 g/mol. The average molecular weight is 224 g/mol. The first-order valence-electron chi connectivity index (χ1n) is 4.96. The molecule has 0 aliphatic heterocycles. The maximum atomic E-state index is 6.06. The number of pyridine rings is 1. The van der Waals surface area contributed by atoms with E-state index in [4.69, 9.17) is 17.3 Å². The predicted octanol–water partition coefficient (Wildman–Crippen LogP) is 2.19. The molecule has 0 fully saturated rings. The fraction of sp³-hybridized carbons (Fsp3) is 0.364. The summed E-state index contributed by atoms with van der Waals surface area (Å²) in [5, 5.41) is 0.550. The van der Waals surface area contributed by atoms with Crippen LogP contribution in [-0.4, -0.2) is 15.4 Å². The molecule has 0 radical (unpaired) electrons. The van der Waals surface area contributed by atoms with E-state index >= 15 is 0 Å². The smallest absolute Gasteiger partial charge is 0.155 e. The zero-order valence-electron chi connectivity index (χ0n) is 8.87. The third-order valence-electron chi connectivity index (χ3n) is 2.33. The number of hydrogen-bond donors (Lipinski definition) is 1. The molecule has 1 atom stereocenters. The topological polar surface area (TPSA) is 43.3 Å². The van der Waals surface area contributed by atoms with Gasteiger partial charge in [-0.25, -0.2) is 4.98 Å². The number of imidazole rings is 1. The van der Waals surface area contributed by atoms with Crippen LogP contribution in [-0.2, 0) is 6.42 Å². The number of halogens is 1. The highest BCUT2D eigenvalue weighted by Crippen LogP contribution is 2.19. The second kappa shape index (κ2) is 3.83. The summed E-state index contributed by atoms with van der Waals surface area (Å²) in [7, 11) is 0. The molecule has 2 rings (SSSR count). The van der Waals surface area contributed by atoms with Gasteiger partial charge in [-0.3, -0.25) is 0 Å². The highest BCUT2D eigenvalue weighted by atomic mass is 35.5. The van der Waals surface area contributed by atoms with Gasteiger partial charge in [0, 0.05) is 18.7 Å². The summed E-state index contributed by atoms with van der Waals surface area (Å²) in [5.74, 6) is 0.921. The van der Waals surface area contributed by atoms with E-state index in [0.29, 0.717) is 5.15 Å². The lowest BCUT2D eigenvalue weighted by Gasteiger charge is -2.04. The van der Waals surface area contributed by atoms with Crippen LogP contribution in [0.15, 0.2) is 18.3 Å². The van der Waals surface area contributed by atoms with E-state index in [9.17, 15) is 0 Å². The number of fused-ring (bicyclic) bond motifs is 1. The number of hydrogen-bond acceptors (Lipinski definition) is 2. The zero-order valence-corrected chi connectivity index (χ0v) is 9.62. The second-order valence-electron chi connectivity index (χ2n) is 3.96. The lowest BCUT2D eigenvalue weighted by atomic mass is 10.2. The number of nitrogens with two attached hydrogens (primary N) is 1. The molecule has 0 aliphatic carbocycles. The maximum Gasteiger partial charge on any atom is 0.155 e. The lowest BCUT2D eigenvalue weighted by Crippen LogP contribution is -2.19. The van der Waals surface area contributed by atoms with Gasteiger partial charge in [0.05, 0.1) is 5.52 Å². The Labute approximate surface area is 93.9 Å². The second-order valence-corrected chi connectivity index (χ2v) is 4.32. The van der Waals surface area contributed by atoms with Crippen LogP contribution in [0.1, 0.15) is 18.3 Å². The van der Waals surface area contributed by atoms with Crippen molar-refractivity contribution in [1.29, 1.82) is 0 Å². The molecule has 80 valence electrons. The molecule has 4 heteroatoms. The van der Waals surface area contributed by atoms with Crippen molar-refractivity contribution in [2.24, 2.45) is 5.73 Å². The van der Waals surface area contributed by atoms with E-state index in [2.05, 4.69) is 4.98 Å². The Morgan fingerprint density at radius 1 is 1.60 bits per heavy atom. The van der Waals surface area contributed by atoms with Gasteiger partial charge in [-0.2, -0.15) is 0 Å². The third kappa shape index (κ3) is 1.98. The van der Waals surface area contributed by atoms with Crippen LogP contribution < -0.4 is 5.73 Å². The molecule has 1 unspecified atom stereocenters. The summed E-state index contributed by atoms with van der Waals surface area (Å²) in [5.41, 5.74) is 7.89. The summed E-state index contributed by atoms with van der Waals surface area (Å²) >= 11 is 6.06. The van der Waals surface area contributed by atoms with Gasteiger partial charge in [-0.15, -0.1) is 0 Å². The molecule has 0 bridgehead atoms. The van der Waals surface area contributed by atoms with E-state index in [0.717, 1.165) is 17.8 Å². The van der Waals surface area contributed by atoms with Crippen LogP contribution in [0.2, 0.25) is 5.15 Å². The molecular weight excluding hydrogens is 210 g/mol. The highest BCUT2D eigenvalue weighted by Gasteiger charge is 2.10. The van der Waals surface area contributed by atoms with Gasteiger partial charge in [0.25, 0.3) is 0 Å². The van der Waals surface area contributed by atoms with Gasteiger partial charge in [0.1, 0.15) is 5.82 Å². The van der Waals surface area contributed by atoms with Crippen LogP contribution in [0.5, 0.6) is 0 Å². The Kier molecular flexibility index (Phi) is 2.67. The van der Waals surface area contributed by atoms with Crippen LogP contribution in [0.4, 0.5) is 0 Å². The van der Waals surface area contributed by atoms with Gasteiger partial charge in [-0.1, -0.05) is 11.6 Å². The van der Waals surface area contributed by atoms with Crippen molar-refractivity contribution in [3.8, 4) is 0 Å². The Balaban J connectivity index is 2.57. The highest BCUT2D eigenvalue weighted by molar-refractivity contribution is 6.32. The molecule has 0 saturated heterocycles. The van der Waals surface area contributed by atoms with E-state index in [1.165, 1.54) is 5.56 Å². The van der Waals surface area contributed by atoms with Crippen LogP contribution in [0.3, 0.4) is 0 Å². The quantitative estimate of drug-likeness (QED) is 0.848. The first kappa shape index (κ1) is 10.5. The predicted molar refractivity (Wildman–Crippen MR) is 62.3 cm³/mol. The zero-order chi connectivity index (χ0) is 11.0. The number of rotatable bonds is 2. The normalized spacial score (nSPS) is 13.3. The lowest BCUT2D eigenvalue weighted by molar-refractivity contribution is 0.700. The van der Waals surface area contributed by atoms with Gasteiger partial charge < -0.3 is 10.1 Å².